The van der Waals surface area contributed by atoms with Crippen molar-refractivity contribution in [1.82, 2.24) is 4.57 Å². The first kappa shape index (κ1) is 18.0. The number of nitrogens with zero attached hydrogens (tertiary/aromatic N) is 1. The van der Waals surface area contributed by atoms with Gasteiger partial charge in [0.2, 0.25) is 5.91 Å². The van der Waals surface area contributed by atoms with Crippen molar-refractivity contribution in [3.8, 4) is 10.4 Å². The molecule has 0 unspecified atom stereocenters. The highest BCUT2D eigenvalue weighted by Crippen LogP contribution is 2.36. The number of thiophene rings is 1. The number of carbonyl (C=O) groups is 1. The molecule has 0 saturated carbocycles. The fourth-order valence-electron chi connectivity index (χ4n) is 3.93. The molecule has 0 saturated heterocycles. The molecule has 2 aromatic heterocycles. The Labute approximate surface area is 177 Å². The normalized spacial score (nSPS) is 11.3. The fraction of sp³-hybridized carbons (Fsp3) is 0.0417. The second-order valence-corrected chi connectivity index (χ2v) is 8.37. The summed E-state index contributed by atoms with van der Waals surface area (Å²) in [5.74, 6) is -0.417. The van der Waals surface area contributed by atoms with Crippen LogP contribution in [0.1, 0.15) is 15.9 Å². The van der Waals surface area contributed by atoms with E-state index in [0.29, 0.717) is 17.1 Å². The van der Waals surface area contributed by atoms with E-state index in [0.717, 1.165) is 32.9 Å². The minimum atomic E-state index is -0.417. The van der Waals surface area contributed by atoms with E-state index in [2.05, 4.69) is 46.3 Å². The first-order chi connectivity index (χ1) is 14.1. The summed E-state index contributed by atoms with van der Waals surface area (Å²) >= 11 is 7.92. The molecule has 0 fully saturated rings. The van der Waals surface area contributed by atoms with Crippen LogP contribution in [-0.4, -0.2) is 10.5 Å². The Morgan fingerprint density at radius 3 is 2.59 bits per heavy atom. The van der Waals surface area contributed by atoms with Crippen LogP contribution in [0.3, 0.4) is 0 Å². The minimum absolute atomic E-state index is 0.417. The molecule has 3 aromatic carbocycles. The lowest BCUT2D eigenvalue weighted by molar-refractivity contribution is 0.100. The number of amides is 1. The molecule has 29 heavy (non-hydrogen) atoms. The number of primary amides is 1. The van der Waals surface area contributed by atoms with Crippen LogP contribution in [0.2, 0.25) is 5.02 Å². The Hall–Kier alpha value is -3.08. The molecule has 0 bridgehead atoms. The summed E-state index contributed by atoms with van der Waals surface area (Å²) in [5, 5.41) is 4.71. The third-order valence-electron chi connectivity index (χ3n) is 5.19. The zero-order valence-electron chi connectivity index (χ0n) is 15.4. The predicted octanol–water partition coefficient (Wildman–Crippen LogP) is 6.32. The molecule has 0 aliphatic rings. The Bertz CT molecular complexity index is 1370. The summed E-state index contributed by atoms with van der Waals surface area (Å²) in [7, 11) is 0. The topological polar surface area (TPSA) is 48.0 Å². The number of nitrogens with two attached hydrogens (primary N) is 1. The van der Waals surface area contributed by atoms with E-state index in [1.165, 1.54) is 4.88 Å². The highest BCUT2D eigenvalue weighted by Gasteiger charge is 2.17. The van der Waals surface area contributed by atoms with Gasteiger partial charge in [0, 0.05) is 32.8 Å². The number of carbonyl (C=O) groups excluding carboxylic acids is 1. The Kier molecular flexibility index (Phi) is 4.38. The molecule has 1 amide bonds. The fourth-order valence-corrected chi connectivity index (χ4v) is 4.87. The van der Waals surface area contributed by atoms with Crippen LogP contribution in [0.25, 0.3) is 32.2 Å². The number of rotatable bonds is 4. The molecule has 5 rings (SSSR count). The van der Waals surface area contributed by atoms with E-state index < -0.39 is 5.91 Å². The van der Waals surface area contributed by atoms with Crippen LogP contribution in [0.5, 0.6) is 0 Å². The summed E-state index contributed by atoms with van der Waals surface area (Å²) in [6, 6.07) is 24.1. The van der Waals surface area contributed by atoms with Crippen LogP contribution >= 0.6 is 22.9 Å². The maximum absolute atomic E-state index is 12.1. The van der Waals surface area contributed by atoms with Gasteiger partial charge in [0.15, 0.2) is 0 Å². The van der Waals surface area contributed by atoms with Crippen molar-refractivity contribution in [3.05, 3.63) is 94.3 Å². The van der Waals surface area contributed by atoms with Gasteiger partial charge in [-0.05, 0) is 52.9 Å². The molecule has 3 nitrogen and oxygen atoms in total. The second-order valence-electron chi connectivity index (χ2n) is 6.99. The van der Waals surface area contributed by atoms with E-state index in [1.807, 2.05) is 30.3 Å². The standard InChI is InChI=1S/C24H17ClN2OS/c25-17-5-1-4-15(12-17)14-27-20-7-2-6-19(24(26)28)23(20)18-10-9-16(13-21(18)27)22-8-3-11-29-22/h1-13H,14H2,(H2,26,28). The number of hydrogen-bond acceptors (Lipinski definition) is 2. The average Bonchev–Trinajstić information content (AvgIpc) is 3.35. The number of fused-ring (bicyclic) bond motifs is 3. The third-order valence-corrected chi connectivity index (χ3v) is 6.35. The molecule has 142 valence electrons. The van der Waals surface area contributed by atoms with Crippen molar-refractivity contribution >= 4 is 50.7 Å². The van der Waals surface area contributed by atoms with Crippen LogP contribution < -0.4 is 5.73 Å². The maximum Gasteiger partial charge on any atom is 0.249 e. The SMILES string of the molecule is NC(=O)c1cccc2c1c1ccc(-c3cccs3)cc1n2Cc1cccc(Cl)c1. The first-order valence-electron chi connectivity index (χ1n) is 9.25. The highest BCUT2D eigenvalue weighted by molar-refractivity contribution is 7.13. The maximum atomic E-state index is 12.1. The van der Waals surface area contributed by atoms with Gasteiger partial charge in [-0.1, -0.05) is 48.0 Å². The molecule has 0 radical (unpaired) electrons. The Balaban J connectivity index is 1.82. The van der Waals surface area contributed by atoms with E-state index in [9.17, 15) is 4.79 Å². The van der Waals surface area contributed by atoms with Crippen LogP contribution in [0, 0.1) is 0 Å². The van der Waals surface area contributed by atoms with Gasteiger partial charge in [0.25, 0.3) is 0 Å². The lowest BCUT2D eigenvalue weighted by Gasteiger charge is -2.09. The molecule has 0 aliphatic heterocycles. The van der Waals surface area contributed by atoms with Crippen molar-refractivity contribution in [2.75, 3.05) is 0 Å². The highest BCUT2D eigenvalue weighted by atomic mass is 35.5. The van der Waals surface area contributed by atoms with Crippen molar-refractivity contribution in [3.63, 3.8) is 0 Å². The zero-order chi connectivity index (χ0) is 20.0. The Morgan fingerprint density at radius 1 is 0.966 bits per heavy atom. The molecule has 5 aromatic rings. The quantitative estimate of drug-likeness (QED) is 0.366. The lowest BCUT2D eigenvalue weighted by atomic mass is 10.0. The van der Waals surface area contributed by atoms with E-state index >= 15 is 0 Å². The summed E-state index contributed by atoms with van der Waals surface area (Å²) in [4.78, 5) is 13.3. The van der Waals surface area contributed by atoms with Crippen molar-refractivity contribution < 1.29 is 4.79 Å². The third kappa shape index (κ3) is 3.11. The largest absolute Gasteiger partial charge is 0.366 e. The van der Waals surface area contributed by atoms with Gasteiger partial charge in [-0.25, -0.2) is 0 Å². The van der Waals surface area contributed by atoms with Gasteiger partial charge in [0.1, 0.15) is 0 Å². The summed E-state index contributed by atoms with van der Waals surface area (Å²) < 4.78 is 2.24. The lowest BCUT2D eigenvalue weighted by Crippen LogP contribution is -2.11. The minimum Gasteiger partial charge on any atom is -0.366 e. The van der Waals surface area contributed by atoms with E-state index in [1.54, 1.807) is 17.4 Å². The predicted molar refractivity (Wildman–Crippen MR) is 122 cm³/mol. The molecular formula is C24H17ClN2OS. The monoisotopic (exact) mass is 416 g/mol. The molecule has 0 aliphatic carbocycles. The average molecular weight is 417 g/mol. The number of halogens is 1. The zero-order valence-corrected chi connectivity index (χ0v) is 17.0. The van der Waals surface area contributed by atoms with Crippen molar-refractivity contribution in [1.29, 1.82) is 0 Å². The summed E-state index contributed by atoms with van der Waals surface area (Å²) in [6.07, 6.45) is 0. The van der Waals surface area contributed by atoms with Gasteiger partial charge in [-0.15, -0.1) is 11.3 Å². The van der Waals surface area contributed by atoms with Crippen LogP contribution in [0.15, 0.2) is 78.2 Å². The summed E-state index contributed by atoms with van der Waals surface area (Å²) in [6.45, 7) is 0.649. The molecule has 0 atom stereocenters. The molecule has 5 heteroatoms. The Morgan fingerprint density at radius 2 is 1.83 bits per heavy atom. The van der Waals surface area contributed by atoms with E-state index in [4.69, 9.17) is 17.3 Å². The van der Waals surface area contributed by atoms with Gasteiger partial charge in [0.05, 0.1) is 11.0 Å². The van der Waals surface area contributed by atoms with Crippen LogP contribution in [-0.2, 0) is 6.54 Å². The van der Waals surface area contributed by atoms with Crippen molar-refractivity contribution in [2.45, 2.75) is 6.54 Å². The van der Waals surface area contributed by atoms with Gasteiger partial charge in [-0.2, -0.15) is 0 Å². The first-order valence-corrected chi connectivity index (χ1v) is 10.5. The summed E-state index contributed by atoms with van der Waals surface area (Å²) in [5.41, 5.74) is 10.5. The molecule has 2 heterocycles. The van der Waals surface area contributed by atoms with Gasteiger partial charge >= 0.3 is 0 Å². The van der Waals surface area contributed by atoms with Crippen LogP contribution in [0.4, 0.5) is 0 Å². The molecule has 0 spiro atoms. The number of aromatic nitrogens is 1. The number of hydrogen-bond donors (Lipinski definition) is 1. The van der Waals surface area contributed by atoms with E-state index in [-0.39, 0.29) is 0 Å². The van der Waals surface area contributed by atoms with Gasteiger partial charge in [-0.3, -0.25) is 4.79 Å². The molecular weight excluding hydrogens is 400 g/mol. The second kappa shape index (κ2) is 7.07. The van der Waals surface area contributed by atoms with Crippen molar-refractivity contribution in [2.24, 2.45) is 5.73 Å². The van der Waals surface area contributed by atoms with Gasteiger partial charge < -0.3 is 10.3 Å². The smallest absolute Gasteiger partial charge is 0.249 e. The number of benzene rings is 3. The molecule has 2 N–H and O–H groups in total.